The highest BCUT2D eigenvalue weighted by molar-refractivity contribution is 7.80. The smallest absolute Gasteiger partial charge is 0.139 e. The second-order valence-corrected chi connectivity index (χ2v) is 5.79. The molecule has 1 rings (SSSR count). The monoisotopic (exact) mass is 269 g/mol. The van der Waals surface area contributed by atoms with Crippen LogP contribution in [-0.4, -0.2) is 28.8 Å². The predicted octanol–water partition coefficient (Wildman–Crippen LogP) is 4.12. The van der Waals surface area contributed by atoms with Gasteiger partial charge in [0.2, 0.25) is 0 Å². The van der Waals surface area contributed by atoms with E-state index in [0.29, 0.717) is 12.2 Å². The predicted molar refractivity (Wildman–Crippen MR) is 81.0 cm³/mol. The van der Waals surface area contributed by atoms with Crippen molar-refractivity contribution in [2.75, 3.05) is 13.1 Å². The Morgan fingerprint density at radius 3 is 2.61 bits per heavy atom. The van der Waals surface area contributed by atoms with E-state index in [1.54, 1.807) is 0 Å². The maximum atomic E-state index is 11.5. The van der Waals surface area contributed by atoms with Crippen LogP contribution in [0.5, 0.6) is 0 Å². The van der Waals surface area contributed by atoms with Crippen molar-refractivity contribution in [2.45, 2.75) is 71.1 Å². The lowest BCUT2D eigenvalue weighted by molar-refractivity contribution is -0.118. The summed E-state index contributed by atoms with van der Waals surface area (Å²) < 4.78 is 0. The lowest BCUT2D eigenvalue weighted by atomic mass is 10.1. The van der Waals surface area contributed by atoms with Crippen LogP contribution in [0, 0.1) is 0 Å². The van der Waals surface area contributed by atoms with Crippen LogP contribution in [-0.2, 0) is 4.79 Å². The van der Waals surface area contributed by atoms with E-state index in [2.05, 4.69) is 11.8 Å². The number of likely N-dealkylation sites (tertiary alicyclic amines) is 1. The van der Waals surface area contributed by atoms with Gasteiger partial charge in [0.25, 0.3) is 0 Å². The molecule has 0 aliphatic carbocycles. The first-order valence-corrected chi connectivity index (χ1v) is 7.94. The van der Waals surface area contributed by atoms with Crippen molar-refractivity contribution in [1.29, 1.82) is 0 Å². The molecule has 18 heavy (non-hydrogen) atoms. The SMILES string of the molecule is CCCCCCCCN1CCCCC(=O)CC1=S. The molecule has 0 radical (unpaired) electrons. The first-order chi connectivity index (χ1) is 8.74. The molecule has 1 aliphatic heterocycles. The summed E-state index contributed by atoms with van der Waals surface area (Å²) in [6, 6.07) is 0. The molecule has 1 heterocycles. The molecule has 1 aliphatic rings. The van der Waals surface area contributed by atoms with Crippen molar-refractivity contribution >= 4 is 23.0 Å². The molecule has 0 unspecified atom stereocenters. The number of unbranched alkanes of at least 4 members (excludes halogenated alkanes) is 5. The van der Waals surface area contributed by atoms with Gasteiger partial charge in [0.05, 0.1) is 11.4 Å². The zero-order valence-corrected chi connectivity index (χ0v) is 12.6. The molecule has 0 N–H and O–H groups in total. The van der Waals surface area contributed by atoms with Gasteiger partial charge in [-0.2, -0.15) is 0 Å². The fourth-order valence-corrected chi connectivity index (χ4v) is 2.78. The van der Waals surface area contributed by atoms with E-state index in [4.69, 9.17) is 12.2 Å². The van der Waals surface area contributed by atoms with Crippen molar-refractivity contribution in [3.63, 3.8) is 0 Å². The summed E-state index contributed by atoms with van der Waals surface area (Å²) in [5, 5.41) is 0. The van der Waals surface area contributed by atoms with E-state index in [0.717, 1.165) is 37.3 Å². The molecule has 0 bridgehead atoms. The number of carbonyl (C=O) groups excluding carboxylic acids is 1. The van der Waals surface area contributed by atoms with E-state index >= 15 is 0 Å². The van der Waals surface area contributed by atoms with E-state index in [-0.39, 0.29) is 0 Å². The number of hydrogen-bond acceptors (Lipinski definition) is 2. The second kappa shape index (κ2) is 9.48. The summed E-state index contributed by atoms with van der Waals surface area (Å²) in [7, 11) is 0. The third kappa shape index (κ3) is 6.48. The molecule has 0 saturated carbocycles. The Kier molecular flexibility index (Phi) is 8.23. The van der Waals surface area contributed by atoms with Crippen LogP contribution < -0.4 is 0 Å². The maximum Gasteiger partial charge on any atom is 0.139 e. The van der Waals surface area contributed by atoms with Gasteiger partial charge in [-0.05, 0) is 19.3 Å². The van der Waals surface area contributed by atoms with E-state index in [9.17, 15) is 4.79 Å². The minimum atomic E-state index is 0.327. The Bertz CT molecular complexity index is 265. The zero-order valence-electron chi connectivity index (χ0n) is 11.7. The highest BCUT2D eigenvalue weighted by Gasteiger charge is 2.16. The van der Waals surface area contributed by atoms with Gasteiger partial charge in [-0.15, -0.1) is 0 Å². The number of hydrogen-bond donors (Lipinski definition) is 0. The molecule has 0 aromatic heterocycles. The highest BCUT2D eigenvalue weighted by Crippen LogP contribution is 2.12. The summed E-state index contributed by atoms with van der Waals surface area (Å²) in [5.74, 6) is 0.327. The molecule has 104 valence electrons. The Hall–Kier alpha value is -0.440. The number of thiocarbonyl (C=S) groups is 1. The standard InChI is InChI=1S/C15H27NOS/c1-2-3-4-5-6-8-11-16-12-9-7-10-14(17)13-15(16)18/h2-13H2,1H3. The first kappa shape index (κ1) is 15.6. The van der Waals surface area contributed by atoms with Gasteiger partial charge in [0.15, 0.2) is 0 Å². The van der Waals surface area contributed by atoms with Crippen LogP contribution in [0.25, 0.3) is 0 Å². The van der Waals surface area contributed by atoms with E-state index < -0.39 is 0 Å². The van der Waals surface area contributed by atoms with E-state index in [1.165, 1.54) is 38.5 Å². The zero-order chi connectivity index (χ0) is 13.2. The third-order valence-corrected chi connectivity index (χ3v) is 4.02. The minimum Gasteiger partial charge on any atom is -0.366 e. The number of nitrogens with zero attached hydrogens (tertiary/aromatic N) is 1. The number of Topliss-reactive ketones (excluding diaryl/α,β-unsaturated/α-hetero) is 1. The molecular formula is C15H27NOS. The van der Waals surface area contributed by atoms with Gasteiger partial charge in [0, 0.05) is 19.5 Å². The van der Waals surface area contributed by atoms with Gasteiger partial charge in [-0.3, -0.25) is 4.79 Å². The van der Waals surface area contributed by atoms with Gasteiger partial charge >= 0.3 is 0 Å². The van der Waals surface area contributed by atoms with Crippen LogP contribution in [0.2, 0.25) is 0 Å². The van der Waals surface area contributed by atoms with Crippen molar-refractivity contribution in [2.24, 2.45) is 0 Å². The Labute approximate surface area is 117 Å². The molecule has 1 fully saturated rings. The Morgan fingerprint density at radius 2 is 1.83 bits per heavy atom. The first-order valence-electron chi connectivity index (χ1n) is 7.53. The fourth-order valence-electron chi connectivity index (χ4n) is 2.44. The average Bonchev–Trinajstić information content (AvgIpc) is 2.34. The largest absolute Gasteiger partial charge is 0.366 e. The summed E-state index contributed by atoms with van der Waals surface area (Å²) >= 11 is 5.38. The van der Waals surface area contributed by atoms with Crippen LogP contribution in [0.3, 0.4) is 0 Å². The number of carbonyl (C=O) groups is 1. The van der Waals surface area contributed by atoms with Crippen molar-refractivity contribution < 1.29 is 4.79 Å². The summed E-state index contributed by atoms with van der Waals surface area (Å²) in [6.07, 6.45) is 11.3. The molecule has 0 amide bonds. The van der Waals surface area contributed by atoms with Crippen molar-refractivity contribution in [1.82, 2.24) is 4.90 Å². The quantitative estimate of drug-likeness (QED) is 0.512. The van der Waals surface area contributed by atoms with Crippen LogP contribution in [0.1, 0.15) is 71.1 Å². The number of rotatable bonds is 7. The maximum absolute atomic E-state index is 11.5. The summed E-state index contributed by atoms with van der Waals surface area (Å²) in [6.45, 7) is 4.36. The summed E-state index contributed by atoms with van der Waals surface area (Å²) in [5.41, 5.74) is 0. The van der Waals surface area contributed by atoms with Gasteiger partial charge in [0.1, 0.15) is 5.78 Å². The highest BCUT2D eigenvalue weighted by atomic mass is 32.1. The van der Waals surface area contributed by atoms with Crippen LogP contribution >= 0.6 is 12.2 Å². The van der Waals surface area contributed by atoms with Crippen LogP contribution in [0.15, 0.2) is 0 Å². The number of ketones is 1. The van der Waals surface area contributed by atoms with Gasteiger partial charge in [-0.1, -0.05) is 51.2 Å². The minimum absolute atomic E-state index is 0.327. The Morgan fingerprint density at radius 1 is 1.11 bits per heavy atom. The van der Waals surface area contributed by atoms with Crippen molar-refractivity contribution in [3.05, 3.63) is 0 Å². The lowest BCUT2D eigenvalue weighted by Gasteiger charge is -2.27. The molecule has 0 aromatic carbocycles. The van der Waals surface area contributed by atoms with Gasteiger partial charge < -0.3 is 4.90 Å². The molecule has 3 heteroatoms. The third-order valence-electron chi connectivity index (χ3n) is 3.62. The van der Waals surface area contributed by atoms with Gasteiger partial charge in [-0.25, -0.2) is 0 Å². The molecule has 1 saturated heterocycles. The molecule has 0 spiro atoms. The van der Waals surface area contributed by atoms with E-state index in [1.807, 2.05) is 0 Å². The van der Waals surface area contributed by atoms with Crippen molar-refractivity contribution in [3.8, 4) is 0 Å². The van der Waals surface area contributed by atoms with Crippen LogP contribution in [0.4, 0.5) is 0 Å². The molecule has 0 atom stereocenters. The lowest BCUT2D eigenvalue weighted by Crippen LogP contribution is -2.34. The topological polar surface area (TPSA) is 20.3 Å². The normalized spacial score (nSPS) is 17.7. The summed E-state index contributed by atoms with van der Waals surface area (Å²) in [4.78, 5) is 14.7. The fraction of sp³-hybridized carbons (Fsp3) is 0.867. The second-order valence-electron chi connectivity index (χ2n) is 5.32. The molecular weight excluding hydrogens is 242 g/mol. The molecule has 2 nitrogen and oxygen atoms in total. The average molecular weight is 269 g/mol. The molecule has 0 aromatic rings. The Balaban J connectivity index is 2.18.